The van der Waals surface area contributed by atoms with E-state index in [2.05, 4.69) is 46.6 Å². The normalized spacial score (nSPS) is 16.6. The fourth-order valence-corrected chi connectivity index (χ4v) is 3.63. The summed E-state index contributed by atoms with van der Waals surface area (Å²) in [6.45, 7) is 1.07. The number of carbonyl (C=O) groups excluding carboxylic acids is 1. The first kappa shape index (κ1) is 15.6. The topological polar surface area (TPSA) is 32.3 Å². The molecule has 3 aromatic carbocycles. The highest BCUT2D eigenvalue weighted by molar-refractivity contribution is 5.82. The van der Waals surface area contributed by atoms with Gasteiger partial charge >= 0.3 is 0 Å². The second kappa shape index (κ2) is 6.54. The highest BCUT2D eigenvalue weighted by atomic mass is 16.2. The quantitative estimate of drug-likeness (QED) is 0.795. The molecule has 124 valence electrons. The van der Waals surface area contributed by atoms with Crippen LogP contribution in [-0.4, -0.2) is 17.4 Å². The Morgan fingerprint density at radius 3 is 1.76 bits per heavy atom. The summed E-state index contributed by atoms with van der Waals surface area (Å²) in [7, 11) is 0. The molecule has 0 aliphatic carbocycles. The molecule has 3 aromatic rings. The number of carbonyl (C=O) groups is 1. The first-order chi connectivity index (χ1) is 12.3. The Bertz CT molecular complexity index is 807. The van der Waals surface area contributed by atoms with Gasteiger partial charge in [-0.25, -0.2) is 0 Å². The molecule has 1 heterocycles. The molecule has 3 heteroatoms. The average Bonchev–Trinajstić information content (AvgIpc) is 3.01. The smallest absolute Gasteiger partial charge is 0.236 e. The van der Waals surface area contributed by atoms with Crippen LogP contribution in [0.25, 0.3) is 0 Å². The fourth-order valence-electron chi connectivity index (χ4n) is 3.63. The van der Waals surface area contributed by atoms with Crippen molar-refractivity contribution in [3.8, 4) is 0 Å². The first-order valence-corrected chi connectivity index (χ1v) is 8.50. The Morgan fingerprint density at radius 2 is 1.24 bits per heavy atom. The molecule has 0 aromatic heterocycles. The molecule has 0 spiro atoms. The number of hydrogen-bond acceptors (Lipinski definition) is 2. The van der Waals surface area contributed by atoms with Gasteiger partial charge in [0.05, 0.1) is 6.54 Å². The molecule has 1 fully saturated rings. The molecule has 3 nitrogen and oxygen atoms in total. The monoisotopic (exact) mass is 328 g/mol. The average molecular weight is 328 g/mol. The van der Waals surface area contributed by atoms with Crippen LogP contribution < -0.4 is 5.32 Å². The Balaban J connectivity index is 1.85. The maximum Gasteiger partial charge on any atom is 0.236 e. The van der Waals surface area contributed by atoms with Gasteiger partial charge in [-0.3, -0.25) is 9.69 Å². The van der Waals surface area contributed by atoms with Crippen LogP contribution in [0.5, 0.6) is 0 Å². The van der Waals surface area contributed by atoms with Crippen molar-refractivity contribution in [2.24, 2.45) is 0 Å². The van der Waals surface area contributed by atoms with Crippen molar-refractivity contribution < 1.29 is 4.79 Å². The highest BCUT2D eigenvalue weighted by Gasteiger charge is 2.47. The molecule has 25 heavy (non-hydrogen) atoms. The standard InChI is InChI=1S/C22H20N2O/c25-21-17-24(16-18-10-4-1-5-11-18)22(23-21,19-12-6-2-7-13-19)20-14-8-3-9-15-20/h1-15H,16-17H2,(H,23,25). The summed E-state index contributed by atoms with van der Waals surface area (Å²) in [4.78, 5) is 14.7. The van der Waals surface area contributed by atoms with E-state index in [0.717, 1.165) is 11.1 Å². The van der Waals surface area contributed by atoms with Crippen molar-refractivity contribution in [3.63, 3.8) is 0 Å². The van der Waals surface area contributed by atoms with Gasteiger partial charge in [-0.1, -0.05) is 91.0 Å². The Hall–Kier alpha value is -2.91. The number of hydrogen-bond donors (Lipinski definition) is 1. The zero-order valence-corrected chi connectivity index (χ0v) is 13.9. The van der Waals surface area contributed by atoms with E-state index in [1.807, 2.05) is 54.6 Å². The van der Waals surface area contributed by atoms with Crippen molar-refractivity contribution in [1.82, 2.24) is 10.2 Å². The number of nitrogens with zero attached hydrogens (tertiary/aromatic N) is 1. The van der Waals surface area contributed by atoms with Crippen molar-refractivity contribution in [1.29, 1.82) is 0 Å². The summed E-state index contributed by atoms with van der Waals surface area (Å²) in [5.41, 5.74) is 2.69. The predicted octanol–water partition coefficient (Wildman–Crippen LogP) is 3.52. The van der Waals surface area contributed by atoms with Crippen molar-refractivity contribution in [2.45, 2.75) is 12.2 Å². The first-order valence-electron chi connectivity index (χ1n) is 8.50. The summed E-state index contributed by atoms with van der Waals surface area (Å²) in [6, 6.07) is 30.7. The molecule has 0 saturated carbocycles. The van der Waals surface area contributed by atoms with Gasteiger partial charge in [0.2, 0.25) is 5.91 Å². The van der Waals surface area contributed by atoms with Crippen LogP contribution in [-0.2, 0) is 17.0 Å². The molecule has 0 bridgehead atoms. The van der Waals surface area contributed by atoms with E-state index in [0.29, 0.717) is 13.1 Å². The van der Waals surface area contributed by atoms with Crippen molar-refractivity contribution in [2.75, 3.05) is 6.54 Å². The van der Waals surface area contributed by atoms with E-state index in [1.165, 1.54) is 5.56 Å². The Kier molecular flexibility index (Phi) is 4.08. The predicted molar refractivity (Wildman–Crippen MR) is 98.7 cm³/mol. The molecular weight excluding hydrogens is 308 g/mol. The van der Waals surface area contributed by atoms with Crippen LogP contribution in [0.3, 0.4) is 0 Å². The van der Waals surface area contributed by atoms with Gasteiger partial charge in [-0.2, -0.15) is 0 Å². The van der Waals surface area contributed by atoms with Crippen LogP contribution in [0.15, 0.2) is 91.0 Å². The van der Waals surface area contributed by atoms with Gasteiger partial charge < -0.3 is 5.32 Å². The Labute approximate surface area is 147 Å². The number of nitrogens with one attached hydrogen (secondary N) is 1. The molecule has 1 aliphatic heterocycles. The number of benzene rings is 3. The molecule has 1 N–H and O–H groups in total. The van der Waals surface area contributed by atoms with Gasteiger partial charge in [0.25, 0.3) is 0 Å². The van der Waals surface area contributed by atoms with Crippen LogP contribution >= 0.6 is 0 Å². The molecule has 4 rings (SSSR count). The van der Waals surface area contributed by atoms with Crippen molar-refractivity contribution in [3.05, 3.63) is 108 Å². The third-order valence-electron chi connectivity index (χ3n) is 4.73. The van der Waals surface area contributed by atoms with Gasteiger partial charge in [-0.05, 0) is 16.7 Å². The van der Waals surface area contributed by atoms with E-state index in [9.17, 15) is 4.79 Å². The third-order valence-corrected chi connectivity index (χ3v) is 4.73. The second-order valence-corrected chi connectivity index (χ2v) is 6.33. The van der Waals surface area contributed by atoms with E-state index in [4.69, 9.17) is 0 Å². The van der Waals surface area contributed by atoms with Gasteiger partial charge in [0, 0.05) is 6.54 Å². The van der Waals surface area contributed by atoms with E-state index in [1.54, 1.807) is 0 Å². The van der Waals surface area contributed by atoms with Crippen LogP contribution in [0, 0.1) is 0 Å². The fraction of sp³-hybridized carbons (Fsp3) is 0.136. The maximum absolute atomic E-state index is 12.5. The lowest BCUT2D eigenvalue weighted by Crippen LogP contribution is -2.49. The molecule has 1 saturated heterocycles. The van der Waals surface area contributed by atoms with E-state index < -0.39 is 5.66 Å². The molecule has 1 amide bonds. The van der Waals surface area contributed by atoms with Crippen LogP contribution in [0.1, 0.15) is 16.7 Å². The van der Waals surface area contributed by atoms with E-state index >= 15 is 0 Å². The summed E-state index contributed by atoms with van der Waals surface area (Å²) in [6.07, 6.45) is 0. The van der Waals surface area contributed by atoms with Gasteiger partial charge in [-0.15, -0.1) is 0 Å². The lowest BCUT2D eigenvalue weighted by Gasteiger charge is -2.38. The van der Waals surface area contributed by atoms with Crippen LogP contribution in [0.4, 0.5) is 0 Å². The SMILES string of the molecule is O=C1CN(Cc2ccccc2)C(c2ccccc2)(c2ccccc2)N1. The summed E-state index contributed by atoms with van der Waals surface area (Å²) in [5, 5.41) is 3.26. The molecule has 0 unspecified atom stereocenters. The minimum atomic E-state index is -0.643. The molecule has 0 atom stereocenters. The summed E-state index contributed by atoms with van der Waals surface area (Å²) in [5.74, 6) is 0.0450. The molecular formula is C22H20N2O. The van der Waals surface area contributed by atoms with E-state index in [-0.39, 0.29) is 5.91 Å². The maximum atomic E-state index is 12.5. The number of amides is 1. The zero-order chi connectivity index (χ0) is 17.1. The Morgan fingerprint density at radius 1 is 0.760 bits per heavy atom. The second-order valence-electron chi connectivity index (χ2n) is 6.33. The van der Waals surface area contributed by atoms with Gasteiger partial charge in [0.15, 0.2) is 0 Å². The minimum Gasteiger partial charge on any atom is -0.329 e. The largest absolute Gasteiger partial charge is 0.329 e. The molecule has 0 radical (unpaired) electrons. The van der Waals surface area contributed by atoms with Crippen LogP contribution in [0.2, 0.25) is 0 Å². The third kappa shape index (κ3) is 2.83. The van der Waals surface area contributed by atoms with Gasteiger partial charge in [0.1, 0.15) is 5.66 Å². The summed E-state index contributed by atoms with van der Waals surface area (Å²) >= 11 is 0. The lowest BCUT2D eigenvalue weighted by atomic mass is 9.90. The lowest BCUT2D eigenvalue weighted by molar-refractivity contribution is -0.118. The highest BCUT2D eigenvalue weighted by Crippen LogP contribution is 2.37. The number of rotatable bonds is 4. The molecule has 1 aliphatic rings. The zero-order valence-electron chi connectivity index (χ0n) is 13.9. The minimum absolute atomic E-state index is 0.0450. The van der Waals surface area contributed by atoms with Crippen molar-refractivity contribution >= 4 is 5.91 Å². The summed E-state index contributed by atoms with van der Waals surface area (Å²) < 4.78 is 0.